The molecule has 23 heavy (non-hydrogen) atoms. The van der Waals surface area contributed by atoms with Crippen molar-refractivity contribution in [2.24, 2.45) is 5.16 Å². The van der Waals surface area contributed by atoms with Gasteiger partial charge in [0, 0.05) is 21.6 Å². The van der Waals surface area contributed by atoms with E-state index in [1.54, 1.807) is 25.3 Å². The number of ether oxygens (including phenoxy) is 2. The van der Waals surface area contributed by atoms with Crippen LogP contribution in [0.5, 0.6) is 11.5 Å². The minimum Gasteiger partial charge on any atom is -0.497 e. The Balaban J connectivity index is 1.82. The second-order valence-electron chi connectivity index (χ2n) is 4.86. The first-order chi connectivity index (χ1) is 11.2. The van der Waals surface area contributed by atoms with Crippen LogP contribution in [-0.2, 0) is 4.84 Å². The monoisotopic (exact) mass is 423 g/mol. The average molecular weight is 423 g/mol. The van der Waals surface area contributed by atoms with E-state index in [1.165, 1.54) is 0 Å². The summed E-state index contributed by atoms with van der Waals surface area (Å²) in [5, 5.41) is 4.04. The van der Waals surface area contributed by atoms with Gasteiger partial charge in [-0.05, 0) is 46.9 Å². The van der Waals surface area contributed by atoms with Crippen molar-refractivity contribution in [3.8, 4) is 11.5 Å². The number of benzene rings is 2. The highest BCUT2D eigenvalue weighted by Crippen LogP contribution is 2.29. The predicted octanol–water partition coefficient (Wildman–Crippen LogP) is 3.64. The third-order valence-corrected chi connectivity index (χ3v) is 4.37. The second kappa shape index (κ2) is 6.99. The highest BCUT2D eigenvalue weighted by atomic mass is 127. The number of hydrogen-bond acceptors (Lipinski definition) is 5. The van der Waals surface area contributed by atoms with E-state index in [9.17, 15) is 4.79 Å². The van der Waals surface area contributed by atoms with Crippen molar-refractivity contribution in [1.82, 2.24) is 0 Å². The highest BCUT2D eigenvalue weighted by Gasteiger charge is 2.19. The van der Waals surface area contributed by atoms with Crippen LogP contribution in [0.1, 0.15) is 22.3 Å². The molecule has 1 aliphatic heterocycles. The van der Waals surface area contributed by atoms with Gasteiger partial charge in [-0.15, -0.1) is 0 Å². The number of oxime groups is 1. The van der Waals surface area contributed by atoms with Gasteiger partial charge in [-0.25, -0.2) is 4.79 Å². The molecular weight excluding hydrogens is 409 g/mol. The molecule has 118 valence electrons. The highest BCUT2D eigenvalue weighted by molar-refractivity contribution is 14.1. The lowest BCUT2D eigenvalue weighted by atomic mass is 10.0. The number of halogens is 1. The maximum Gasteiger partial charge on any atom is 0.366 e. The molecule has 0 N–H and O–H groups in total. The van der Waals surface area contributed by atoms with Crippen LogP contribution in [-0.4, -0.2) is 25.4 Å². The van der Waals surface area contributed by atoms with E-state index in [-0.39, 0.29) is 0 Å². The molecule has 0 fully saturated rings. The molecule has 6 heteroatoms. The van der Waals surface area contributed by atoms with Gasteiger partial charge >= 0.3 is 5.97 Å². The largest absolute Gasteiger partial charge is 0.497 e. The lowest BCUT2D eigenvalue weighted by Gasteiger charge is -2.19. The topological polar surface area (TPSA) is 57.1 Å². The molecule has 0 aliphatic carbocycles. The quantitative estimate of drug-likeness (QED) is 0.430. The molecule has 0 saturated carbocycles. The summed E-state index contributed by atoms with van der Waals surface area (Å²) in [4.78, 5) is 17.3. The fourth-order valence-electron chi connectivity index (χ4n) is 2.25. The number of hydrogen-bond donors (Lipinski definition) is 0. The van der Waals surface area contributed by atoms with E-state index in [4.69, 9.17) is 14.3 Å². The molecule has 0 unspecified atom stereocenters. The summed E-state index contributed by atoms with van der Waals surface area (Å²) >= 11 is 2.09. The molecule has 3 rings (SSSR count). The van der Waals surface area contributed by atoms with Crippen LogP contribution < -0.4 is 9.47 Å². The van der Waals surface area contributed by atoms with E-state index in [0.717, 1.165) is 9.13 Å². The van der Waals surface area contributed by atoms with Crippen LogP contribution >= 0.6 is 22.6 Å². The van der Waals surface area contributed by atoms with Crippen molar-refractivity contribution in [3.63, 3.8) is 0 Å². The molecule has 0 amide bonds. The molecule has 2 aromatic rings. The van der Waals surface area contributed by atoms with Gasteiger partial charge in [0.05, 0.1) is 25.0 Å². The molecule has 0 aromatic heterocycles. The number of fused-ring (bicyclic) bond motifs is 1. The summed E-state index contributed by atoms with van der Waals surface area (Å²) in [5.74, 6) is 0.921. The van der Waals surface area contributed by atoms with Crippen molar-refractivity contribution in [3.05, 3.63) is 57.2 Å². The third kappa shape index (κ3) is 3.47. The lowest BCUT2D eigenvalue weighted by molar-refractivity contribution is 0.0513. The zero-order valence-corrected chi connectivity index (χ0v) is 14.6. The Morgan fingerprint density at radius 2 is 2.09 bits per heavy atom. The van der Waals surface area contributed by atoms with Gasteiger partial charge in [-0.2, -0.15) is 0 Å². The van der Waals surface area contributed by atoms with Crippen LogP contribution in [0.25, 0.3) is 0 Å². The maximum atomic E-state index is 12.1. The molecular formula is C17H14INO4. The Kier molecular flexibility index (Phi) is 4.80. The van der Waals surface area contributed by atoms with Crippen molar-refractivity contribution in [1.29, 1.82) is 0 Å². The molecule has 1 aliphatic rings. The summed E-state index contributed by atoms with van der Waals surface area (Å²) in [6.07, 6.45) is 0.582. The van der Waals surface area contributed by atoms with Crippen LogP contribution in [0.4, 0.5) is 0 Å². The molecule has 0 spiro atoms. The lowest BCUT2D eigenvalue weighted by Crippen LogP contribution is -2.17. The van der Waals surface area contributed by atoms with E-state index in [0.29, 0.717) is 35.8 Å². The van der Waals surface area contributed by atoms with E-state index in [2.05, 4.69) is 27.7 Å². The summed E-state index contributed by atoms with van der Waals surface area (Å²) in [7, 11) is 1.60. The standard InChI is InChI=1S/C17H14INO4/c1-21-11-6-7-13-15(8-9-22-16(13)10-11)19-23-17(20)12-4-2-3-5-14(12)18/h2-7,10H,8-9H2,1H3/b19-15-. The van der Waals surface area contributed by atoms with Gasteiger partial charge in [-0.1, -0.05) is 17.3 Å². The van der Waals surface area contributed by atoms with Crippen molar-refractivity contribution >= 4 is 34.3 Å². The number of rotatable bonds is 3. The van der Waals surface area contributed by atoms with Gasteiger partial charge in [0.25, 0.3) is 0 Å². The first-order valence-electron chi connectivity index (χ1n) is 7.03. The van der Waals surface area contributed by atoms with Crippen LogP contribution in [0.2, 0.25) is 0 Å². The van der Waals surface area contributed by atoms with Crippen LogP contribution in [0.3, 0.4) is 0 Å². The Hall–Kier alpha value is -2.09. The molecule has 1 heterocycles. The van der Waals surface area contributed by atoms with E-state index < -0.39 is 5.97 Å². The maximum absolute atomic E-state index is 12.1. The Morgan fingerprint density at radius 1 is 1.26 bits per heavy atom. The average Bonchev–Trinajstić information content (AvgIpc) is 2.59. The summed E-state index contributed by atoms with van der Waals surface area (Å²) < 4.78 is 11.6. The zero-order chi connectivity index (χ0) is 16.2. The second-order valence-corrected chi connectivity index (χ2v) is 6.02. The Labute approximate surface area is 147 Å². The van der Waals surface area contributed by atoms with Gasteiger partial charge < -0.3 is 14.3 Å². The molecule has 0 atom stereocenters. The van der Waals surface area contributed by atoms with Gasteiger partial charge in [0.15, 0.2) is 0 Å². The Morgan fingerprint density at radius 3 is 2.87 bits per heavy atom. The van der Waals surface area contributed by atoms with Crippen molar-refractivity contribution in [2.75, 3.05) is 13.7 Å². The minimum absolute atomic E-state index is 0.468. The molecule has 2 aromatic carbocycles. The normalized spacial score (nSPS) is 14.8. The SMILES string of the molecule is COc1ccc2c(c1)OCC/C2=N/OC(=O)c1ccccc1I. The van der Waals surface area contributed by atoms with Crippen LogP contribution in [0, 0.1) is 3.57 Å². The first-order valence-corrected chi connectivity index (χ1v) is 8.11. The third-order valence-electron chi connectivity index (χ3n) is 3.43. The smallest absolute Gasteiger partial charge is 0.366 e. The Bertz CT molecular complexity index is 773. The number of nitrogens with zero attached hydrogens (tertiary/aromatic N) is 1. The molecule has 0 saturated heterocycles. The first kappa shape index (κ1) is 15.8. The van der Waals surface area contributed by atoms with Crippen molar-refractivity contribution < 1.29 is 19.1 Å². The van der Waals surface area contributed by atoms with Gasteiger partial charge in [-0.3, -0.25) is 0 Å². The summed E-state index contributed by atoms with van der Waals surface area (Å²) in [5.41, 5.74) is 2.00. The zero-order valence-electron chi connectivity index (χ0n) is 12.4. The summed E-state index contributed by atoms with van der Waals surface area (Å²) in [6.45, 7) is 0.486. The molecule has 0 bridgehead atoms. The van der Waals surface area contributed by atoms with E-state index in [1.807, 2.05) is 24.3 Å². The number of methoxy groups -OCH3 is 1. The fraction of sp³-hybridized carbons (Fsp3) is 0.176. The fourth-order valence-corrected chi connectivity index (χ4v) is 2.85. The number of carbonyl (C=O) groups excluding carboxylic acids is 1. The van der Waals surface area contributed by atoms with Crippen molar-refractivity contribution in [2.45, 2.75) is 6.42 Å². The van der Waals surface area contributed by atoms with E-state index >= 15 is 0 Å². The van der Waals surface area contributed by atoms with Gasteiger partial charge in [0.1, 0.15) is 11.5 Å². The molecule has 0 radical (unpaired) electrons. The minimum atomic E-state index is -0.468. The summed E-state index contributed by atoms with van der Waals surface area (Å²) in [6, 6.07) is 12.7. The molecule has 5 nitrogen and oxygen atoms in total. The van der Waals surface area contributed by atoms with Crippen LogP contribution in [0.15, 0.2) is 47.6 Å². The predicted molar refractivity (Wildman–Crippen MR) is 94.2 cm³/mol. The van der Waals surface area contributed by atoms with Gasteiger partial charge in [0.2, 0.25) is 0 Å². The number of carbonyl (C=O) groups is 1.